The third-order valence-electron chi connectivity index (χ3n) is 5.79. The van der Waals surface area contributed by atoms with Crippen molar-refractivity contribution in [1.82, 2.24) is 20.9 Å². The standard InChI is InChI=1S/C24H35N5O5S2/c1-13(2)20(25)23(32)28-18(10-14-11-26-16-7-5-4-6-15(14)16)21(30)29-19(12-35)22(31)27-17(24(33)34)8-9-36-3/h4-7,11,13,17-20,26,35H,8-10,12,25H2,1-3H3,(H,27,31)(H,28,32)(H,29,30)(H,33,34). The van der Waals surface area contributed by atoms with E-state index in [0.717, 1.165) is 16.5 Å². The maximum absolute atomic E-state index is 13.3. The minimum absolute atomic E-state index is 0.0638. The molecular formula is C24H35N5O5S2. The number of H-pyrrole nitrogens is 1. The van der Waals surface area contributed by atoms with Gasteiger partial charge in [-0.05, 0) is 36.0 Å². The van der Waals surface area contributed by atoms with E-state index in [9.17, 15) is 24.3 Å². The molecule has 0 aliphatic carbocycles. The zero-order chi connectivity index (χ0) is 26.8. The van der Waals surface area contributed by atoms with E-state index in [1.807, 2.05) is 30.5 Å². The zero-order valence-electron chi connectivity index (χ0n) is 20.6. The number of thiol groups is 1. The van der Waals surface area contributed by atoms with Crippen molar-refractivity contribution in [2.45, 2.75) is 50.9 Å². The summed E-state index contributed by atoms with van der Waals surface area (Å²) in [6, 6.07) is 3.53. The molecule has 0 bridgehead atoms. The van der Waals surface area contributed by atoms with Gasteiger partial charge < -0.3 is 31.8 Å². The molecule has 0 saturated carbocycles. The number of fused-ring (bicyclic) bond motifs is 1. The van der Waals surface area contributed by atoms with Crippen LogP contribution >= 0.6 is 24.4 Å². The molecule has 2 rings (SSSR count). The molecule has 1 aromatic carbocycles. The molecule has 0 saturated heterocycles. The Morgan fingerprint density at radius 1 is 1.03 bits per heavy atom. The van der Waals surface area contributed by atoms with Crippen LogP contribution in [0.4, 0.5) is 0 Å². The van der Waals surface area contributed by atoms with E-state index in [-0.39, 0.29) is 24.5 Å². The fourth-order valence-electron chi connectivity index (χ4n) is 3.53. The van der Waals surface area contributed by atoms with Crippen molar-refractivity contribution in [3.8, 4) is 0 Å². The number of aromatic nitrogens is 1. The molecule has 1 aromatic heterocycles. The molecule has 0 fully saturated rings. The molecule has 4 atom stereocenters. The van der Waals surface area contributed by atoms with Gasteiger partial charge in [-0.25, -0.2) is 4.79 Å². The molecular weight excluding hydrogens is 502 g/mol. The Bertz CT molecular complexity index is 1060. The Morgan fingerprint density at radius 2 is 1.64 bits per heavy atom. The number of nitrogens with one attached hydrogen (secondary N) is 4. The van der Waals surface area contributed by atoms with E-state index in [4.69, 9.17) is 5.73 Å². The first-order chi connectivity index (χ1) is 17.1. The van der Waals surface area contributed by atoms with Crippen molar-refractivity contribution in [3.63, 3.8) is 0 Å². The van der Waals surface area contributed by atoms with E-state index < -0.39 is 47.9 Å². The number of carboxylic acid groups (broad SMARTS) is 1. The molecule has 2 aromatic rings. The van der Waals surface area contributed by atoms with Crippen molar-refractivity contribution in [2.24, 2.45) is 11.7 Å². The molecule has 12 heteroatoms. The fourth-order valence-corrected chi connectivity index (χ4v) is 4.26. The van der Waals surface area contributed by atoms with Crippen LogP contribution in [0.15, 0.2) is 30.5 Å². The maximum Gasteiger partial charge on any atom is 0.326 e. The SMILES string of the molecule is CSCCC(NC(=O)C(CS)NC(=O)C(Cc1c[nH]c2ccccc12)NC(=O)C(N)C(C)C)C(=O)O. The molecule has 10 nitrogen and oxygen atoms in total. The highest BCUT2D eigenvalue weighted by Gasteiger charge is 2.30. The minimum atomic E-state index is -1.16. The molecule has 0 radical (unpaired) electrons. The van der Waals surface area contributed by atoms with Gasteiger partial charge in [-0.3, -0.25) is 14.4 Å². The van der Waals surface area contributed by atoms with E-state index in [2.05, 4.69) is 33.6 Å². The number of amides is 3. The summed E-state index contributed by atoms with van der Waals surface area (Å²) in [6.07, 6.45) is 4.00. The summed E-state index contributed by atoms with van der Waals surface area (Å²) in [5.74, 6) is -2.58. The summed E-state index contributed by atoms with van der Waals surface area (Å²) < 4.78 is 0. The molecule has 7 N–H and O–H groups in total. The molecule has 0 aliphatic heterocycles. The predicted octanol–water partition coefficient (Wildman–Crippen LogP) is 0.916. The highest BCUT2D eigenvalue weighted by atomic mass is 32.2. The van der Waals surface area contributed by atoms with Crippen LogP contribution in [0.2, 0.25) is 0 Å². The largest absolute Gasteiger partial charge is 0.480 e. The number of carboxylic acids is 1. The van der Waals surface area contributed by atoms with Crippen molar-refractivity contribution in [3.05, 3.63) is 36.0 Å². The number of para-hydroxylation sites is 1. The van der Waals surface area contributed by atoms with E-state index in [1.54, 1.807) is 20.0 Å². The van der Waals surface area contributed by atoms with Crippen LogP contribution in [0.3, 0.4) is 0 Å². The number of carbonyl (C=O) groups is 4. The number of rotatable bonds is 14. The van der Waals surface area contributed by atoms with Gasteiger partial charge in [0.25, 0.3) is 0 Å². The topological polar surface area (TPSA) is 166 Å². The number of aromatic amines is 1. The van der Waals surface area contributed by atoms with Gasteiger partial charge in [0.05, 0.1) is 6.04 Å². The van der Waals surface area contributed by atoms with E-state index >= 15 is 0 Å². The number of benzene rings is 1. The molecule has 198 valence electrons. The first-order valence-corrected chi connectivity index (χ1v) is 13.7. The predicted molar refractivity (Wildman–Crippen MR) is 145 cm³/mol. The number of nitrogens with two attached hydrogens (primary N) is 1. The van der Waals surface area contributed by atoms with Crippen molar-refractivity contribution >= 4 is 59.0 Å². The maximum atomic E-state index is 13.3. The van der Waals surface area contributed by atoms with Gasteiger partial charge in [-0.15, -0.1) is 0 Å². The molecule has 1 heterocycles. The number of carbonyl (C=O) groups excluding carboxylic acids is 3. The second-order valence-corrected chi connectivity index (χ2v) is 10.2. The minimum Gasteiger partial charge on any atom is -0.480 e. The van der Waals surface area contributed by atoms with Crippen LogP contribution in [0.1, 0.15) is 25.8 Å². The summed E-state index contributed by atoms with van der Waals surface area (Å²) in [7, 11) is 0. The number of hydrogen-bond acceptors (Lipinski definition) is 7. The van der Waals surface area contributed by atoms with Gasteiger partial charge >= 0.3 is 5.97 Å². The second-order valence-electron chi connectivity index (χ2n) is 8.82. The summed E-state index contributed by atoms with van der Waals surface area (Å²) in [5.41, 5.74) is 7.68. The normalized spacial score (nSPS) is 14.6. The second kappa shape index (κ2) is 14.1. The van der Waals surface area contributed by atoms with Crippen LogP contribution in [-0.2, 0) is 25.6 Å². The smallest absolute Gasteiger partial charge is 0.326 e. The Kier molecular flexibility index (Phi) is 11.6. The number of aliphatic carboxylic acids is 1. The van der Waals surface area contributed by atoms with E-state index in [0.29, 0.717) is 5.75 Å². The van der Waals surface area contributed by atoms with Gasteiger partial charge in [0.2, 0.25) is 17.7 Å². The summed E-state index contributed by atoms with van der Waals surface area (Å²) in [4.78, 5) is 53.4. The molecule has 3 amide bonds. The third kappa shape index (κ3) is 8.17. The first kappa shape index (κ1) is 29.5. The lowest BCUT2D eigenvalue weighted by molar-refractivity contribution is -0.142. The Morgan fingerprint density at radius 3 is 2.25 bits per heavy atom. The first-order valence-electron chi connectivity index (χ1n) is 11.6. The Labute approximate surface area is 220 Å². The lowest BCUT2D eigenvalue weighted by Crippen LogP contribution is -2.58. The lowest BCUT2D eigenvalue weighted by Gasteiger charge is -2.25. The van der Waals surface area contributed by atoms with Gasteiger partial charge in [-0.2, -0.15) is 24.4 Å². The van der Waals surface area contributed by atoms with Gasteiger partial charge in [0.15, 0.2) is 0 Å². The van der Waals surface area contributed by atoms with E-state index in [1.165, 1.54) is 11.8 Å². The van der Waals surface area contributed by atoms with Gasteiger partial charge in [0.1, 0.15) is 18.1 Å². The third-order valence-corrected chi connectivity index (χ3v) is 6.80. The lowest BCUT2D eigenvalue weighted by atomic mass is 10.0. The van der Waals surface area contributed by atoms with Crippen LogP contribution in [0.25, 0.3) is 10.9 Å². The van der Waals surface area contributed by atoms with Crippen LogP contribution in [0.5, 0.6) is 0 Å². The van der Waals surface area contributed by atoms with Crippen LogP contribution in [0, 0.1) is 5.92 Å². The quantitative estimate of drug-likeness (QED) is 0.176. The fraction of sp³-hybridized carbons (Fsp3) is 0.500. The molecule has 36 heavy (non-hydrogen) atoms. The Hall–Kier alpha value is -2.70. The average molecular weight is 538 g/mol. The highest BCUT2D eigenvalue weighted by molar-refractivity contribution is 7.98. The average Bonchev–Trinajstić information content (AvgIpc) is 3.26. The summed E-state index contributed by atoms with van der Waals surface area (Å²) >= 11 is 5.63. The number of hydrogen-bond donors (Lipinski definition) is 7. The Balaban J connectivity index is 2.21. The zero-order valence-corrected chi connectivity index (χ0v) is 22.3. The summed E-state index contributed by atoms with van der Waals surface area (Å²) in [6.45, 7) is 3.60. The molecule has 0 spiro atoms. The molecule has 0 aliphatic rings. The van der Waals surface area contributed by atoms with Crippen LogP contribution < -0.4 is 21.7 Å². The van der Waals surface area contributed by atoms with Crippen LogP contribution in [-0.4, -0.2) is 75.7 Å². The number of thioether (sulfide) groups is 1. The van der Waals surface area contributed by atoms with Crippen molar-refractivity contribution < 1.29 is 24.3 Å². The van der Waals surface area contributed by atoms with Crippen molar-refractivity contribution in [1.29, 1.82) is 0 Å². The monoisotopic (exact) mass is 537 g/mol. The van der Waals surface area contributed by atoms with Gasteiger partial charge in [0, 0.05) is 29.3 Å². The summed E-state index contributed by atoms with van der Waals surface area (Å²) in [5, 5.41) is 18.1. The van der Waals surface area contributed by atoms with Gasteiger partial charge in [-0.1, -0.05) is 32.0 Å². The highest BCUT2D eigenvalue weighted by Crippen LogP contribution is 2.19. The molecule has 4 unspecified atom stereocenters. The van der Waals surface area contributed by atoms with Crippen molar-refractivity contribution in [2.75, 3.05) is 17.8 Å².